The van der Waals surface area contributed by atoms with Gasteiger partial charge in [-0.15, -0.1) is 0 Å². The summed E-state index contributed by atoms with van der Waals surface area (Å²) in [5.41, 5.74) is 13.2. The molecule has 1 aliphatic heterocycles. The van der Waals surface area contributed by atoms with Crippen molar-refractivity contribution >= 4 is 11.6 Å². The van der Waals surface area contributed by atoms with Gasteiger partial charge in [0.15, 0.2) is 6.10 Å². The van der Waals surface area contributed by atoms with Crippen LogP contribution in [0.1, 0.15) is 19.4 Å². The Bertz CT molecular complexity index is 460. The van der Waals surface area contributed by atoms with E-state index in [0.717, 1.165) is 11.3 Å². The average molecular weight is 249 g/mol. The smallest absolute Gasteiger partial charge is 0.267 e. The maximum Gasteiger partial charge on any atom is 0.267 e. The van der Waals surface area contributed by atoms with Crippen LogP contribution in [0.3, 0.4) is 0 Å². The second-order valence-corrected chi connectivity index (χ2v) is 4.69. The zero-order chi connectivity index (χ0) is 13.3. The van der Waals surface area contributed by atoms with Crippen molar-refractivity contribution in [3.8, 4) is 5.75 Å². The molecule has 98 valence electrons. The first kappa shape index (κ1) is 12.9. The van der Waals surface area contributed by atoms with E-state index in [1.165, 1.54) is 0 Å². The van der Waals surface area contributed by atoms with Gasteiger partial charge in [0.1, 0.15) is 5.75 Å². The summed E-state index contributed by atoms with van der Waals surface area (Å²) >= 11 is 0. The Labute approximate surface area is 107 Å². The van der Waals surface area contributed by atoms with Gasteiger partial charge in [-0.05, 0) is 31.5 Å². The van der Waals surface area contributed by atoms with E-state index < -0.39 is 6.10 Å². The van der Waals surface area contributed by atoms with Gasteiger partial charge in [-0.1, -0.05) is 6.07 Å². The van der Waals surface area contributed by atoms with Crippen LogP contribution in [0.2, 0.25) is 0 Å². The fourth-order valence-corrected chi connectivity index (χ4v) is 2.06. The molecule has 0 saturated heterocycles. The summed E-state index contributed by atoms with van der Waals surface area (Å²) in [6.07, 6.45) is -0.472. The maximum absolute atomic E-state index is 12.1. The van der Waals surface area contributed by atoms with Gasteiger partial charge < -0.3 is 21.1 Å². The highest BCUT2D eigenvalue weighted by atomic mass is 16.5. The third-order valence-electron chi connectivity index (χ3n) is 2.94. The highest BCUT2D eigenvalue weighted by Crippen LogP contribution is 2.34. The van der Waals surface area contributed by atoms with Crippen LogP contribution in [0.4, 0.5) is 5.69 Å². The Morgan fingerprint density at radius 3 is 2.83 bits per heavy atom. The van der Waals surface area contributed by atoms with E-state index in [1.54, 1.807) is 11.8 Å². The number of nitrogens with two attached hydrogens (primary N) is 2. The van der Waals surface area contributed by atoms with E-state index in [-0.39, 0.29) is 11.9 Å². The van der Waals surface area contributed by atoms with E-state index in [4.69, 9.17) is 16.2 Å². The summed E-state index contributed by atoms with van der Waals surface area (Å²) in [5.74, 6) is 0.647. The summed E-state index contributed by atoms with van der Waals surface area (Å²) in [6.45, 7) is 4.53. The second-order valence-electron chi connectivity index (χ2n) is 4.69. The maximum atomic E-state index is 12.1. The molecule has 1 amide bonds. The summed E-state index contributed by atoms with van der Waals surface area (Å²) in [6, 6.07) is 5.57. The Morgan fingerprint density at radius 1 is 1.50 bits per heavy atom. The van der Waals surface area contributed by atoms with E-state index in [0.29, 0.717) is 18.8 Å². The highest BCUT2D eigenvalue weighted by molar-refractivity contribution is 5.99. The lowest BCUT2D eigenvalue weighted by Gasteiger charge is -2.34. The number of benzene rings is 1. The van der Waals surface area contributed by atoms with Crippen LogP contribution < -0.4 is 21.1 Å². The van der Waals surface area contributed by atoms with Crippen LogP contribution in [0, 0.1) is 0 Å². The van der Waals surface area contributed by atoms with Crippen molar-refractivity contribution in [3.63, 3.8) is 0 Å². The standard InChI is InChI=1S/C13H19N3O2/c1-8(15)7-16-11-5-10(6-14)3-4-12(11)18-9(2)13(16)17/h3-5,8-9H,6-7,14-15H2,1-2H3. The SMILES string of the molecule is CC(N)CN1C(=O)C(C)Oc2ccc(CN)cc21. The monoisotopic (exact) mass is 249 g/mol. The minimum Gasteiger partial charge on any atom is -0.479 e. The molecule has 18 heavy (non-hydrogen) atoms. The second kappa shape index (κ2) is 4.96. The zero-order valence-corrected chi connectivity index (χ0v) is 10.7. The molecule has 0 fully saturated rings. The molecule has 5 heteroatoms. The first-order valence-corrected chi connectivity index (χ1v) is 6.09. The molecule has 0 saturated carbocycles. The molecule has 1 aromatic rings. The number of carbonyl (C=O) groups excluding carboxylic acids is 1. The summed E-state index contributed by atoms with van der Waals surface area (Å²) in [5, 5.41) is 0. The lowest BCUT2D eigenvalue weighted by molar-refractivity contribution is -0.125. The molecule has 0 radical (unpaired) electrons. The van der Waals surface area contributed by atoms with Crippen LogP contribution in [0.15, 0.2) is 18.2 Å². The van der Waals surface area contributed by atoms with Crippen LogP contribution in [0.5, 0.6) is 5.75 Å². The van der Waals surface area contributed by atoms with Crippen molar-refractivity contribution in [2.45, 2.75) is 32.5 Å². The van der Waals surface area contributed by atoms with E-state index in [2.05, 4.69) is 0 Å². The molecule has 0 bridgehead atoms. The largest absolute Gasteiger partial charge is 0.479 e. The first-order valence-electron chi connectivity index (χ1n) is 6.09. The molecular formula is C13H19N3O2. The van der Waals surface area contributed by atoms with Gasteiger partial charge in [-0.2, -0.15) is 0 Å². The first-order chi connectivity index (χ1) is 8.52. The molecule has 0 aromatic heterocycles. The fourth-order valence-electron chi connectivity index (χ4n) is 2.06. The van der Waals surface area contributed by atoms with Crippen molar-refractivity contribution in [2.24, 2.45) is 11.5 Å². The number of fused-ring (bicyclic) bond motifs is 1. The lowest BCUT2D eigenvalue weighted by atomic mass is 10.1. The Hall–Kier alpha value is -1.59. The predicted molar refractivity (Wildman–Crippen MR) is 70.4 cm³/mol. The van der Waals surface area contributed by atoms with Gasteiger partial charge in [0.2, 0.25) is 0 Å². The molecule has 1 aromatic carbocycles. The van der Waals surface area contributed by atoms with Crippen molar-refractivity contribution in [1.82, 2.24) is 0 Å². The quantitative estimate of drug-likeness (QED) is 0.822. The van der Waals surface area contributed by atoms with Crippen molar-refractivity contribution in [3.05, 3.63) is 23.8 Å². The molecular weight excluding hydrogens is 230 g/mol. The molecule has 0 aliphatic carbocycles. The molecule has 4 N–H and O–H groups in total. The van der Waals surface area contributed by atoms with Gasteiger partial charge in [0, 0.05) is 19.1 Å². The molecule has 1 aliphatic rings. The third kappa shape index (κ3) is 2.32. The van der Waals surface area contributed by atoms with Gasteiger partial charge in [-0.25, -0.2) is 0 Å². The summed E-state index contributed by atoms with van der Waals surface area (Å²) < 4.78 is 5.58. The van der Waals surface area contributed by atoms with Gasteiger partial charge >= 0.3 is 0 Å². The van der Waals surface area contributed by atoms with Gasteiger partial charge in [-0.3, -0.25) is 4.79 Å². The number of rotatable bonds is 3. The van der Waals surface area contributed by atoms with E-state index >= 15 is 0 Å². The topological polar surface area (TPSA) is 81.6 Å². The molecule has 1 heterocycles. The van der Waals surface area contributed by atoms with Crippen LogP contribution in [0.25, 0.3) is 0 Å². The Balaban J connectivity index is 2.42. The third-order valence-corrected chi connectivity index (χ3v) is 2.94. The van der Waals surface area contributed by atoms with Crippen LogP contribution in [-0.2, 0) is 11.3 Å². The number of anilines is 1. The molecule has 2 atom stereocenters. The molecule has 0 spiro atoms. The highest BCUT2D eigenvalue weighted by Gasteiger charge is 2.31. The fraction of sp³-hybridized carbons (Fsp3) is 0.462. The molecule has 2 unspecified atom stereocenters. The van der Waals surface area contributed by atoms with E-state index in [1.807, 2.05) is 25.1 Å². The number of hydrogen-bond donors (Lipinski definition) is 2. The molecule has 5 nitrogen and oxygen atoms in total. The zero-order valence-electron chi connectivity index (χ0n) is 10.7. The predicted octanol–water partition coefficient (Wildman–Crippen LogP) is 0.606. The summed E-state index contributed by atoms with van der Waals surface area (Å²) in [7, 11) is 0. The van der Waals surface area contributed by atoms with Crippen molar-refractivity contribution in [1.29, 1.82) is 0 Å². The van der Waals surface area contributed by atoms with Crippen LogP contribution in [-0.4, -0.2) is 24.6 Å². The lowest BCUT2D eigenvalue weighted by Crippen LogP contribution is -2.48. The van der Waals surface area contributed by atoms with Gasteiger partial charge in [0.05, 0.1) is 5.69 Å². The minimum absolute atomic E-state index is 0.0611. The Morgan fingerprint density at radius 2 is 2.22 bits per heavy atom. The number of ether oxygens (including phenoxy) is 1. The number of nitrogens with zero attached hydrogens (tertiary/aromatic N) is 1. The van der Waals surface area contributed by atoms with Crippen molar-refractivity contribution in [2.75, 3.05) is 11.4 Å². The number of carbonyl (C=O) groups is 1. The number of amides is 1. The van der Waals surface area contributed by atoms with Gasteiger partial charge in [0.25, 0.3) is 5.91 Å². The summed E-state index contributed by atoms with van der Waals surface area (Å²) in [4.78, 5) is 13.8. The average Bonchev–Trinajstić information content (AvgIpc) is 2.34. The molecule has 2 rings (SSSR count). The van der Waals surface area contributed by atoms with Crippen LogP contribution >= 0.6 is 0 Å². The number of hydrogen-bond acceptors (Lipinski definition) is 4. The van der Waals surface area contributed by atoms with E-state index in [9.17, 15) is 4.79 Å². The normalized spacial score (nSPS) is 20.3. The Kier molecular flexibility index (Phi) is 3.54. The minimum atomic E-state index is -0.472. The van der Waals surface area contributed by atoms with Crippen molar-refractivity contribution < 1.29 is 9.53 Å².